The molecule has 0 radical (unpaired) electrons. The second kappa shape index (κ2) is 2.93. The first-order chi connectivity index (χ1) is 2.56. The lowest BCUT2D eigenvalue weighted by atomic mass is 9.99. The molecular weight excluding hydrogens is 108 g/mol. The zero-order valence-corrected chi connectivity index (χ0v) is 5.71. The maximum atomic E-state index is 5.06. The van der Waals surface area contributed by atoms with Gasteiger partial charge in [0, 0.05) is 5.41 Å². The fourth-order valence-corrected chi connectivity index (χ4v) is 0. The van der Waals surface area contributed by atoms with Gasteiger partial charge in [-0.15, -0.1) is 12.3 Å². The molecule has 0 nitrogen and oxygen atoms in total. The number of hydrogen-bond acceptors (Lipinski definition) is 0. The molecule has 0 heterocycles. The first-order valence-electron chi connectivity index (χ1n) is 2.04. The van der Waals surface area contributed by atoms with E-state index in [0.29, 0.717) is 0 Å². The fraction of sp³-hybridized carbons (Fsp3) is 0.667. The summed E-state index contributed by atoms with van der Waals surface area (Å²) in [5, 5.41) is 0. The van der Waals surface area contributed by atoms with Crippen LogP contribution in [0.2, 0.25) is 0 Å². The van der Waals surface area contributed by atoms with Gasteiger partial charge in [-0.3, -0.25) is 0 Å². The van der Waals surface area contributed by atoms with Crippen molar-refractivity contribution in [1.29, 1.82) is 0 Å². The smallest absolute Gasteiger partial charge is 0.0227 e. The molecule has 0 aliphatic heterocycles. The van der Waals surface area contributed by atoms with E-state index >= 15 is 0 Å². The van der Waals surface area contributed by atoms with Crippen molar-refractivity contribution < 1.29 is 12.4 Å². The molecule has 0 aromatic rings. The molecule has 0 aromatic heterocycles. The molecule has 0 saturated carbocycles. The summed E-state index contributed by atoms with van der Waals surface area (Å²) in [6.07, 6.45) is 5.06. The average molecular weight is 118 g/mol. The van der Waals surface area contributed by atoms with Crippen LogP contribution in [-0.4, -0.2) is 0 Å². The van der Waals surface area contributed by atoms with Gasteiger partial charge in [0.25, 0.3) is 0 Å². The van der Waals surface area contributed by atoms with Crippen LogP contribution in [0.1, 0.15) is 20.8 Å². The summed E-state index contributed by atoms with van der Waals surface area (Å²) in [5.41, 5.74) is 0.0694. The van der Waals surface area contributed by atoms with Crippen molar-refractivity contribution in [2.24, 2.45) is 5.41 Å². The van der Waals surface area contributed by atoms with Gasteiger partial charge in [-0.1, -0.05) is 0 Å². The minimum atomic E-state index is 0. The van der Waals surface area contributed by atoms with Gasteiger partial charge < -0.3 is 12.4 Å². The van der Waals surface area contributed by atoms with Crippen LogP contribution in [0, 0.1) is 17.8 Å². The maximum absolute atomic E-state index is 5.06. The Hall–Kier alpha value is -0.150. The van der Waals surface area contributed by atoms with Crippen LogP contribution in [0.25, 0.3) is 0 Å². The van der Waals surface area contributed by atoms with Crippen molar-refractivity contribution in [2.45, 2.75) is 20.8 Å². The standard InChI is InChI=1S/C6H10.ClH/c1-5-6(2,3)4;/h1H,2-4H3;1H/p-1. The molecule has 0 fully saturated rings. The molecule has 0 unspecified atom stereocenters. The van der Waals surface area contributed by atoms with Crippen LogP contribution in [-0.2, 0) is 0 Å². The van der Waals surface area contributed by atoms with Gasteiger partial charge in [0.15, 0.2) is 0 Å². The highest BCUT2D eigenvalue weighted by atomic mass is 35.5. The highest BCUT2D eigenvalue weighted by molar-refractivity contribution is 4.96. The summed E-state index contributed by atoms with van der Waals surface area (Å²) in [5.74, 6) is 2.60. The van der Waals surface area contributed by atoms with Crippen molar-refractivity contribution in [3.8, 4) is 12.3 Å². The lowest BCUT2D eigenvalue weighted by molar-refractivity contribution is -0.00000183. The summed E-state index contributed by atoms with van der Waals surface area (Å²) in [4.78, 5) is 0. The Labute approximate surface area is 51.7 Å². The largest absolute Gasteiger partial charge is 1.00 e. The minimum absolute atomic E-state index is 0. The number of halogens is 1. The van der Waals surface area contributed by atoms with E-state index in [1.165, 1.54) is 0 Å². The van der Waals surface area contributed by atoms with Crippen LogP contribution >= 0.6 is 0 Å². The average Bonchev–Trinajstić information content (AvgIpc) is 1.35. The minimum Gasteiger partial charge on any atom is -1.00 e. The fourth-order valence-electron chi connectivity index (χ4n) is 0. The van der Waals surface area contributed by atoms with Gasteiger partial charge in [0.05, 0.1) is 0 Å². The summed E-state index contributed by atoms with van der Waals surface area (Å²) >= 11 is 0. The van der Waals surface area contributed by atoms with Crippen LogP contribution in [0.15, 0.2) is 0 Å². The highest BCUT2D eigenvalue weighted by Gasteiger charge is 2.00. The molecule has 0 aliphatic rings. The van der Waals surface area contributed by atoms with Gasteiger partial charge in [0.2, 0.25) is 0 Å². The molecule has 0 bridgehead atoms. The second-order valence-electron chi connectivity index (χ2n) is 2.39. The third kappa shape index (κ3) is 10.7. The van der Waals surface area contributed by atoms with Crippen LogP contribution < -0.4 is 12.4 Å². The first kappa shape index (κ1) is 9.97. The van der Waals surface area contributed by atoms with Crippen molar-refractivity contribution in [1.82, 2.24) is 0 Å². The molecule has 7 heavy (non-hydrogen) atoms. The molecule has 0 atom stereocenters. The van der Waals surface area contributed by atoms with Gasteiger partial charge in [0.1, 0.15) is 0 Å². The van der Waals surface area contributed by atoms with Crippen molar-refractivity contribution >= 4 is 0 Å². The summed E-state index contributed by atoms with van der Waals surface area (Å²) < 4.78 is 0. The Bertz CT molecular complexity index is 71.2. The summed E-state index contributed by atoms with van der Waals surface area (Å²) in [6.45, 7) is 6.02. The quantitative estimate of drug-likeness (QED) is 0.345. The van der Waals surface area contributed by atoms with E-state index in [2.05, 4.69) is 5.92 Å². The SMILES string of the molecule is C#CC(C)(C)C.[Cl-]. The molecule has 0 spiro atoms. The molecule has 1 heteroatoms. The Kier molecular flexibility index (Phi) is 4.18. The Balaban J connectivity index is 0. The molecule has 42 valence electrons. The maximum Gasteiger partial charge on any atom is 0.0227 e. The molecule has 0 aromatic carbocycles. The van der Waals surface area contributed by atoms with Gasteiger partial charge in [-0.05, 0) is 20.8 Å². The Morgan fingerprint density at radius 1 is 1.29 bits per heavy atom. The van der Waals surface area contributed by atoms with E-state index in [4.69, 9.17) is 6.42 Å². The van der Waals surface area contributed by atoms with Crippen LogP contribution in [0.3, 0.4) is 0 Å². The summed E-state index contributed by atoms with van der Waals surface area (Å²) in [6, 6.07) is 0. The third-order valence-corrected chi connectivity index (χ3v) is 0.433. The van der Waals surface area contributed by atoms with E-state index in [1.54, 1.807) is 0 Å². The monoisotopic (exact) mass is 117 g/mol. The number of terminal acetylenes is 1. The van der Waals surface area contributed by atoms with Crippen LogP contribution in [0.5, 0.6) is 0 Å². The van der Waals surface area contributed by atoms with E-state index in [9.17, 15) is 0 Å². The van der Waals surface area contributed by atoms with E-state index < -0.39 is 0 Å². The second-order valence-corrected chi connectivity index (χ2v) is 2.39. The zero-order valence-electron chi connectivity index (χ0n) is 4.96. The van der Waals surface area contributed by atoms with Gasteiger partial charge >= 0.3 is 0 Å². The van der Waals surface area contributed by atoms with Crippen molar-refractivity contribution in [3.63, 3.8) is 0 Å². The van der Waals surface area contributed by atoms with Gasteiger partial charge in [-0.25, -0.2) is 0 Å². The normalized spacial score (nSPS) is 8.86. The molecule has 0 aliphatic carbocycles. The Morgan fingerprint density at radius 3 is 1.43 bits per heavy atom. The first-order valence-corrected chi connectivity index (χ1v) is 2.04. The van der Waals surface area contributed by atoms with E-state index in [0.717, 1.165) is 0 Å². The molecule has 0 rings (SSSR count). The molecular formula is C6H10Cl-. The van der Waals surface area contributed by atoms with Crippen molar-refractivity contribution in [3.05, 3.63) is 0 Å². The lowest BCUT2D eigenvalue weighted by Crippen LogP contribution is -3.00. The van der Waals surface area contributed by atoms with Gasteiger partial charge in [-0.2, -0.15) is 0 Å². The van der Waals surface area contributed by atoms with E-state index in [1.807, 2.05) is 20.8 Å². The van der Waals surface area contributed by atoms with Crippen LogP contribution in [0.4, 0.5) is 0 Å². The Morgan fingerprint density at radius 2 is 1.43 bits per heavy atom. The zero-order chi connectivity index (χ0) is 5.21. The molecule has 0 amide bonds. The highest BCUT2D eigenvalue weighted by Crippen LogP contribution is 2.08. The lowest BCUT2D eigenvalue weighted by Gasteiger charge is -2.04. The molecule has 0 N–H and O–H groups in total. The number of hydrogen-bond donors (Lipinski definition) is 0. The summed E-state index contributed by atoms with van der Waals surface area (Å²) in [7, 11) is 0. The predicted molar refractivity (Wildman–Crippen MR) is 28.3 cm³/mol. The van der Waals surface area contributed by atoms with Crippen molar-refractivity contribution in [2.75, 3.05) is 0 Å². The molecule has 0 saturated heterocycles. The third-order valence-electron chi connectivity index (χ3n) is 0.433. The van der Waals surface area contributed by atoms with E-state index in [-0.39, 0.29) is 17.8 Å². The predicted octanol–water partition coefficient (Wildman–Crippen LogP) is -1.33. The number of rotatable bonds is 0. The topological polar surface area (TPSA) is 0 Å².